The maximum Gasteiger partial charge on any atom is 0.387 e. The zero-order chi connectivity index (χ0) is 12.1. The lowest BCUT2D eigenvalue weighted by Gasteiger charge is -2.16. The first-order valence-electron chi connectivity index (χ1n) is 4.42. The highest BCUT2D eigenvalue weighted by Gasteiger charge is 2.18. The molecule has 0 fully saturated rings. The summed E-state index contributed by atoms with van der Waals surface area (Å²) < 4.78 is 28.4. The van der Waals surface area contributed by atoms with Crippen molar-refractivity contribution in [2.24, 2.45) is 0 Å². The lowest BCUT2D eigenvalue weighted by Crippen LogP contribution is -2.26. The molecule has 16 heavy (non-hydrogen) atoms. The third-order valence-electron chi connectivity index (χ3n) is 1.89. The largest absolute Gasteiger partial charge is 0.434 e. The molecular formula is C10H11F2NO3. The topological polar surface area (TPSA) is 38.8 Å². The maximum atomic E-state index is 12.1. The molecule has 0 atom stereocenters. The Morgan fingerprint density at radius 3 is 2.56 bits per heavy atom. The fourth-order valence-electron chi connectivity index (χ4n) is 1.09. The van der Waals surface area contributed by atoms with Gasteiger partial charge < -0.3 is 4.74 Å². The van der Waals surface area contributed by atoms with E-state index in [1.807, 2.05) is 0 Å². The standard InChI is InChI=1S/C10H11F2NO3/c1-13(15-2)9(14)7-5-3-4-6-8(7)16-10(11)12/h3-6,10H,1-2H3. The number of nitrogens with zero attached hydrogens (tertiary/aromatic N) is 1. The summed E-state index contributed by atoms with van der Waals surface area (Å²) in [5.41, 5.74) is 0.0205. The van der Waals surface area contributed by atoms with Gasteiger partial charge in [-0.1, -0.05) is 12.1 Å². The van der Waals surface area contributed by atoms with Crippen molar-refractivity contribution < 1.29 is 23.1 Å². The van der Waals surface area contributed by atoms with Crippen molar-refractivity contribution in [3.8, 4) is 5.75 Å². The third kappa shape index (κ3) is 2.90. The molecule has 0 aliphatic heterocycles. The van der Waals surface area contributed by atoms with Crippen LogP contribution >= 0.6 is 0 Å². The minimum atomic E-state index is -2.97. The Kier molecular flexibility index (Phi) is 4.19. The van der Waals surface area contributed by atoms with E-state index in [2.05, 4.69) is 9.57 Å². The average Bonchev–Trinajstić information content (AvgIpc) is 2.27. The molecule has 1 amide bonds. The van der Waals surface area contributed by atoms with E-state index in [9.17, 15) is 13.6 Å². The van der Waals surface area contributed by atoms with Crippen LogP contribution in [-0.2, 0) is 4.84 Å². The monoisotopic (exact) mass is 231 g/mol. The summed E-state index contributed by atoms with van der Waals surface area (Å²) >= 11 is 0. The van der Waals surface area contributed by atoms with Gasteiger partial charge in [-0.3, -0.25) is 9.63 Å². The Labute approximate surface area is 91.3 Å². The summed E-state index contributed by atoms with van der Waals surface area (Å²) in [6, 6.07) is 5.73. The van der Waals surface area contributed by atoms with E-state index in [0.717, 1.165) is 5.06 Å². The van der Waals surface area contributed by atoms with E-state index in [0.29, 0.717) is 0 Å². The van der Waals surface area contributed by atoms with E-state index < -0.39 is 12.5 Å². The molecule has 4 nitrogen and oxygen atoms in total. The van der Waals surface area contributed by atoms with Crippen LogP contribution < -0.4 is 4.74 Å². The number of rotatable bonds is 4. The highest BCUT2D eigenvalue weighted by Crippen LogP contribution is 2.21. The number of alkyl halides is 2. The van der Waals surface area contributed by atoms with E-state index >= 15 is 0 Å². The molecule has 1 aromatic carbocycles. The van der Waals surface area contributed by atoms with Crippen LogP contribution in [0.1, 0.15) is 10.4 Å². The van der Waals surface area contributed by atoms with Crippen LogP contribution in [0.4, 0.5) is 8.78 Å². The molecular weight excluding hydrogens is 220 g/mol. The molecule has 0 spiro atoms. The van der Waals surface area contributed by atoms with Gasteiger partial charge in [0, 0.05) is 7.05 Å². The minimum Gasteiger partial charge on any atom is -0.434 e. The van der Waals surface area contributed by atoms with Gasteiger partial charge in [-0.15, -0.1) is 0 Å². The van der Waals surface area contributed by atoms with Gasteiger partial charge in [-0.2, -0.15) is 8.78 Å². The number of halogens is 2. The lowest BCUT2D eigenvalue weighted by atomic mass is 10.2. The Morgan fingerprint density at radius 2 is 2.00 bits per heavy atom. The number of para-hydroxylation sites is 1. The Morgan fingerprint density at radius 1 is 1.38 bits per heavy atom. The van der Waals surface area contributed by atoms with Gasteiger partial charge in [-0.05, 0) is 12.1 Å². The van der Waals surface area contributed by atoms with Gasteiger partial charge in [0.15, 0.2) is 0 Å². The quantitative estimate of drug-likeness (QED) is 0.743. The van der Waals surface area contributed by atoms with Crippen LogP contribution in [0, 0.1) is 0 Å². The van der Waals surface area contributed by atoms with Crippen LogP contribution in [0.5, 0.6) is 5.75 Å². The van der Waals surface area contributed by atoms with E-state index in [4.69, 9.17) is 0 Å². The van der Waals surface area contributed by atoms with Crippen LogP contribution in [0.15, 0.2) is 24.3 Å². The molecule has 0 N–H and O–H groups in total. The normalized spacial score (nSPS) is 10.3. The predicted molar refractivity (Wildman–Crippen MR) is 52.2 cm³/mol. The number of hydroxylamine groups is 2. The zero-order valence-corrected chi connectivity index (χ0v) is 8.81. The van der Waals surface area contributed by atoms with E-state index in [1.165, 1.54) is 32.4 Å². The number of benzene rings is 1. The fourth-order valence-corrected chi connectivity index (χ4v) is 1.09. The Balaban J connectivity index is 2.98. The van der Waals surface area contributed by atoms with Crippen molar-refractivity contribution in [3.63, 3.8) is 0 Å². The van der Waals surface area contributed by atoms with Crippen molar-refractivity contribution >= 4 is 5.91 Å². The number of hydrogen-bond acceptors (Lipinski definition) is 3. The highest BCUT2D eigenvalue weighted by atomic mass is 19.3. The number of amides is 1. The van der Waals surface area contributed by atoms with Crippen LogP contribution in [-0.4, -0.2) is 31.7 Å². The summed E-state index contributed by atoms with van der Waals surface area (Å²) in [6.07, 6.45) is 0. The second-order valence-electron chi connectivity index (χ2n) is 2.86. The summed E-state index contributed by atoms with van der Waals surface area (Å²) in [4.78, 5) is 16.3. The highest BCUT2D eigenvalue weighted by molar-refractivity contribution is 5.96. The lowest BCUT2D eigenvalue weighted by molar-refractivity contribution is -0.0771. The molecule has 1 aromatic rings. The summed E-state index contributed by atoms with van der Waals surface area (Å²) in [5.74, 6) is -0.731. The van der Waals surface area contributed by atoms with Crippen LogP contribution in [0.3, 0.4) is 0 Å². The molecule has 6 heteroatoms. The second kappa shape index (κ2) is 5.41. The molecule has 0 heterocycles. The first-order valence-corrected chi connectivity index (χ1v) is 4.42. The molecule has 0 bridgehead atoms. The van der Waals surface area contributed by atoms with Crippen LogP contribution in [0.2, 0.25) is 0 Å². The average molecular weight is 231 g/mol. The van der Waals surface area contributed by atoms with Crippen LogP contribution in [0.25, 0.3) is 0 Å². The number of ether oxygens (including phenoxy) is 1. The summed E-state index contributed by atoms with van der Waals surface area (Å²) in [5, 5.41) is 0.924. The first-order chi connectivity index (χ1) is 7.56. The molecule has 0 aliphatic carbocycles. The van der Waals surface area contributed by atoms with Crippen molar-refractivity contribution in [1.82, 2.24) is 5.06 Å². The van der Waals surface area contributed by atoms with Crippen molar-refractivity contribution in [1.29, 1.82) is 0 Å². The Bertz CT molecular complexity index is 371. The fraction of sp³-hybridized carbons (Fsp3) is 0.300. The zero-order valence-electron chi connectivity index (χ0n) is 8.81. The van der Waals surface area contributed by atoms with Crippen molar-refractivity contribution in [2.75, 3.05) is 14.2 Å². The van der Waals surface area contributed by atoms with Gasteiger partial charge in [0.05, 0.1) is 12.7 Å². The molecule has 0 saturated heterocycles. The predicted octanol–water partition coefficient (Wildman–Crippen LogP) is 1.92. The molecule has 0 radical (unpaired) electrons. The third-order valence-corrected chi connectivity index (χ3v) is 1.89. The maximum absolute atomic E-state index is 12.1. The number of carbonyl (C=O) groups excluding carboxylic acids is 1. The SMILES string of the molecule is CON(C)C(=O)c1ccccc1OC(F)F. The molecule has 0 aromatic heterocycles. The van der Waals surface area contributed by atoms with Gasteiger partial charge >= 0.3 is 6.61 Å². The number of carbonyl (C=O) groups is 1. The van der Waals surface area contributed by atoms with E-state index in [1.54, 1.807) is 6.07 Å². The van der Waals surface area contributed by atoms with Gasteiger partial charge in [0.25, 0.3) is 5.91 Å². The Hall–Kier alpha value is -1.69. The molecule has 0 saturated carbocycles. The van der Waals surface area contributed by atoms with Crippen molar-refractivity contribution in [2.45, 2.75) is 6.61 Å². The first kappa shape index (κ1) is 12.4. The van der Waals surface area contributed by atoms with Crippen molar-refractivity contribution in [3.05, 3.63) is 29.8 Å². The van der Waals surface area contributed by atoms with Gasteiger partial charge in [0.2, 0.25) is 0 Å². The summed E-state index contributed by atoms with van der Waals surface area (Å²) in [7, 11) is 2.68. The second-order valence-corrected chi connectivity index (χ2v) is 2.86. The molecule has 0 aliphatic rings. The molecule has 1 rings (SSSR count). The molecule has 0 unspecified atom stereocenters. The summed E-state index contributed by atoms with van der Waals surface area (Å²) in [6.45, 7) is -2.97. The molecule has 88 valence electrons. The van der Waals surface area contributed by atoms with Gasteiger partial charge in [-0.25, -0.2) is 5.06 Å². The van der Waals surface area contributed by atoms with Gasteiger partial charge in [0.1, 0.15) is 5.75 Å². The smallest absolute Gasteiger partial charge is 0.387 e. The number of hydrogen-bond donors (Lipinski definition) is 0. The minimum absolute atomic E-state index is 0.0205. The van der Waals surface area contributed by atoms with E-state index in [-0.39, 0.29) is 11.3 Å².